The van der Waals surface area contributed by atoms with Gasteiger partial charge in [-0.3, -0.25) is 4.79 Å². The molecule has 3 aromatic rings. The minimum Gasteiger partial charge on any atom is -0.493 e. The minimum absolute atomic E-state index is 0.189. The number of amides is 1. The zero-order valence-corrected chi connectivity index (χ0v) is 18.0. The van der Waals surface area contributed by atoms with Gasteiger partial charge in [-0.1, -0.05) is 28.9 Å². The predicted molar refractivity (Wildman–Crippen MR) is 114 cm³/mol. The van der Waals surface area contributed by atoms with Gasteiger partial charge in [0.2, 0.25) is 5.91 Å². The SMILES string of the molecule is COc1cc(Cl)c(NC(=O)Cc2ccc(OCc3c(C)noc3C)cc2)cc1OC. The molecule has 0 aliphatic heterocycles. The third-order valence-corrected chi connectivity index (χ3v) is 4.91. The molecule has 0 unspecified atom stereocenters. The lowest BCUT2D eigenvalue weighted by Gasteiger charge is -2.13. The van der Waals surface area contributed by atoms with Crippen LogP contribution in [0.25, 0.3) is 0 Å². The molecule has 3 rings (SSSR count). The Balaban J connectivity index is 1.59. The van der Waals surface area contributed by atoms with Gasteiger partial charge in [0.15, 0.2) is 11.5 Å². The van der Waals surface area contributed by atoms with Gasteiger partial charge in [-0.2, -0.15) is 0 Å². The molecule has 0 aliphatic rings. The second kappa shape index (κ2) is 9.54. The van der Waals surface area contributed by atoms with E-state index in [-0.39, 0.29) is 12.3 Å². The molecule has 7 nitrogen and oxygen atoms in total. The van der Waals surface area contributed by atoms with Crippen LogP contribution in [0.2, 0.25) is 5.02 Å². The maximum Gasteiger partial charge on any atom is 0.228 e. The number of rotatable bonds is 8. The third-order valence-electron chi connectivity index (χ3n) is 4.60. The van der Waals surface area contributed by atoms with Crippen molar-refractivity contribution < 1.29 is 23.5 Å². The molecular weight excluding hydrogens is 408 g/mol. The monoisotopic (exact) mass is 430 g/mol. The molecule has 0 aliphatic carbocycles. The van der Waals surface area contributed by atoms with Crippen molar-refractivity contribution in [1.82, 2.24) is 5.16 Å². The van der Waals surface area contributed by atoms with E-state index in [4.69, 9.17) is 30.3 Å². The van der Waals surface area contributed by atoms with Crippen LogP contribution in [0.15, 0.2) is 40.9 Å². The summed E-state index contributed by atoms with van der Waals surface area (Å²) in [5, 5.41) is 7.08. The number of methoxy groups -OCH3 is 2. The van der Waals surface area contributed by atoms with E-state index in [1.54, 1.807) is 12.1 Å². The number of carbonyl (C=O) groups excluding carboxylic acids is 1. The maximum absolute atomic E-state index is 12.4. The van der Waals surface area contributed by atoms with Crippen molar-refractivity contribution in [2.45, 2.75) is 26.9 Å². The second-order valence-corrected chi connectivity index (χ2v) is 7.05. The fourth-order valence-corrected chi connectivity index (χ4v) is 3.10. The molecule has 8 heteroatoms. The molecule has 1 amide bonds. The van der Waals surface area contributed by atoms with Crippen molar-refractivity contribution >= 4 is 23.2 Å². The zero-order valence-electron chi connectivity index (χ0n) is 17.2. The molecule has 158 valence electrons. The van der Waals surface area contributed by atoms with E-state index in [9.17, 15) is 4.79 Å². The van der Waals surface area contributed by atoms with Crippen LogP contribution in [-0.4, -0.2) is 25.3 Å². The molecule has 0 bridgehead atoms. The lowest BCUT2D eigenvalue weighted by atomic mass is 10.1. The largest absolute Gasteiger partial charge is 0.493 e. The Morgan fingerprint density at radius 1 is 1.10 bits per heavy atom. The molecule has 1 heterocycles. The van der Waals surface area contributed by atoms with Crippen LogP contribution < -0.4 is 19.5 Å². The summed E-state index contributed by atoms with van der Waals surface area (Å²) in [6.45, 7) is 4.10. The molecule has 0 radical (unpaired) electrons. The predicted octanol–water partition coefficient (Wildman–Crippen LogP) is 4.72. The topological polar surface area (TPSA) is 82.8 Å². The van der Waals surface area contributed by atoms with Gasteiger partial charge in [0.25, 0.3) is 0 Å². The van der Waals surface area contributed by atoms with E-state index in [1.807, 2.05) is 38.1 Å². The van der Waals surface area contributed by atoms with Crippen LogP contribution in [0.4, 0.5) is 5.69 Å². The summed E-state index contributed by atoms with van der Waals surface area (Å²) in [5.74, 6) is 2.22. The number of carbonyl (C=O) groups is 1. The number of hydrogen-bond donors (Lipinski definition) is 1. The third kappa shape index (κ3) is 5.04. The molecule has 1 aromatic heterocycles. The lowest BCUT2D eigenvalue weighted by molar-refractivity contribution is -0.115. The maximum atomic E-state index is 12.4. The highest BCUT2D eigenvalue weighted by Crippen LogP contribution is 2.36. The number of hydrogen-bond acceptors (Lipinski definition) is 6. The first-order chi connectivity index (χ1) is 14.4. The van der Waals surface area contributed by atoms with Gasteiger partial charge in [0.1, 0.15) is 18.1 Å². The van der Waals surface area contributed by atoms with Crippen molar-refractivity contribution in [3.63, 3.8) is 0 Å². The Morgan fingerprint density at radius 3 is 2.37 bits per heavy atom. The highest BCUT2D eigenvalue weighted by Gasteiger charge is 2.13. The second-order valence-electron chi connectivity index (χ2n) is 6.65. The van der Waals surface area contributed by atoms with E-state index < -0.39 is 0 Å². The van der Waals surface area contributed by atoms with Gasteiger partial charge >= 0.3 is 0 Å². The highest BCUT2D eigenvalue weighted by atomic mass is 35.5. The number of anilines is 1. The number of benzene rings is 2. The van der Waals surface area contributed by atoms with Gasteiger partial charge < -0.3 is 24.1 Å². The number of ether oxygens (including phenoxy) is 3. The normalized spacial score (nSPS) is 10.6. The summed E-state index contributed by atoms with van der Waals surface area (Å²) in [4.78, 5) is 12.4. The van der Waals surface area contributed by atoms with E-state index in [1.165, 1.54) is 14.2 Å². The van der Waals surface area contributed by atoms with Crippen molar-refractivity contribution in [3.05, 3.63) is 64.0 Å². The van der Waals surface area contributed by atoms with Crippen LogP contribution >= 0.6 is 11.6 Å². The fourth-order valence-electron chi connectivity index (χ4n) is 2.90. The molecule has 1 N–H and O–H groups in total. The van der Waals surface area contributed by atoms with Crippen molar-refractivity contribution in [1.29, 1.82) is 0 Å². The average molecular weight is 431 g/mol. The first-order valence-corrected chi connectivity index (χ1v) is 9.64. The Labute approximate surface area is 179 Å². The van der Waals surface area contributed by atoms with Crippen molar-refractivity contribution in [3.8, 4) is 17.2 Å². The molecule has 0 fully saturated rings. The molecule has 0 saturated carbocycles. The molecule has 2 aromatic carbocycles. The standard InChI is InChI=1S/C22H23ClN2O5/c1-13-17(14(2)30-25-13)12-29-16-7-5-15(6-8-16)9-22(26)24-19-11-21(28-4)20(27-3)10-18(19)23/h5-8,10-11H,9,12H2,1-4H3,(H,24,26). The molecular formula is C22H23ClN2O5. The quantitative estimate of drug-likeness (QED) is 0.556. The number of aromatic nitrogens is 1. The van der Waals surface area contributed by atoms with Crippen LogP contribution in [-0.2, 0) is 17.8 Å². The molecule has 0 saturated heterocycles. The van der Waals surface area contributed by atoms with E-state index in [2.05, 4.69) is 10.5 Å². The summed E-state index contributed by atoms with van der Waals surface area (Å²) in [7, 11) is 3.04. The van der Waals surface area contributed by atoms with Crippen molar-refractivity contribution in [2.24, 2.45) is 0 Å². The first kappa shape index (κ1) is 21.5. The average Bonchev–Trinajstić information content (AvgIpc) is 3.06. The van der Waals surface area contributed by atoms with Gasteiger partial charge in [0, 0.05) is 12.1 Å². The van der Waals surface area contributed by atoms with Gasteiger partial charge in [-0.15, -0.1) is 0 Å². The van der Waals surface area contributed by atoms with Crippen LogP contribution in [0.3, 0.4) is 0 Å². The molecule has 30 heavy (non-hydrogen) atoms. The summed E-state index contributed by atoms with van der Waals surface area (Å²) < 4.78 is 21.4. The van der Waals surface area contributed by atoms with Crippen LogP contribution in [0, 0.1) is 13.8 Å². The van der Waals surface area contributed by atoms with Crippen LogP contribution in [0.5, 0.6) is 17.2 Å². The van der Waals surface area contributed by atoms with Gasteiger partial charge in [-0.25, -0.2) is 0 Å². The number of nitrogens with one attached hydrogen (secondary N) is 1. The first-order valence-electron chi connectivity index (χ1n) is 9.26. The smallest absolute Gasteiger partial charge is 0.228 e. The Hall–Kier alpha value is -3.19. The van der Waals surface area contributed by atoms with Crippen LogP contribution in [0.1, 0.15) is 22.6 Å². The summed E-state index contributed by atoms with van der Waals surface area (Å²) in [6.07, 6.45) is 0.189. The molecule has 0 atom stereocenters. The molecule has 0 spiro atoms. The van der Waals surface area contributed by atoms with E-state index in [0.717, 1.165) is 22.6 Å². The summed E-state index contributed by atoms with van der Waals surface area (Å²) in [6, 6.07) is 10.6. The summed E-state index contributed by atoms with van der Waals surface area (Å²) in [5.41, 5.74) is 3.05. The van der Waals surface area contributed by atoms with E-state index in [0.29, 0.717) is 34.6 Å². The summed E-state index contributed by atoms with van der Waals surface area (Å²) >= 11 is 6.23. The number of aryl methyl sites for hydroxylation is 2. The Bertz CT molecular complexity index is 1010. The minimum atomic E-state index is -0.200. The van der Waals surface area contributed by atoms with Crippen molar-refractivity contribution in [2.75, 3.05) is 19.5 Å². The Kier molecular flexibility index (Phi) is 6.84. The lowest BCUT2D eigenvalue weighted by Crippen LogP contribution is -2.14. The zero-order chi connectivity index (χ0) is 21.7. The van der Waals surface area contributed by atoms with Gasteiger partial charge in [-0.05, 0) is 31.5 Å². The highest BCUT2D eigenvalue weighted by molar-refractivity contribution is 6.34. The van der Waals surface area contributed by atoms with Gasteiger partial charge in [0.05, 0.1) is 42.6 Å². The number of nitrogens with zero attached hydrogens (tertiary/aromatic N) is 1. The number of halogens is 1. The fraction of sp³-hybridized carbons (Fsp3) is 0.273. The van der Waals surface area contributed by atoms with E-state index >= 15 is 0 Å². The Morgan fingerprint density at radius 2 is 1.77 bits per heavy atom.